The van der Waals surface area contributed by atoms with Crippen molar-refractivity contribution in [1.29, 1.82) is 0 Å². The third-order valence-corrected chi connectivity index (χ3v) is 6.84. The van der Waals surface area contributed by atoms with Gasteiger partial charge in [0.15, 0.2) is 0 Å². The molecule has 1 saturated carbocycles. The highest BCUT2D eigenvalue weighted by Crippen LogP contribution is 2.43. The largest absolute Gasteiger partial charge is 0.508 e. The molecular weight excluding hydrogens is 376 g/mol. The zero-order valence-corrected chi connectivity index (χ0v) is 19.2. The maximum Gasteiger partial charge on any atom is 0.242 e. The van der Waals surface area contributed by atoms with E-state index in [-0.39, 0.29) is 41.5 Å². The quantitative estimate of drug-likeness (QED) is 0.692. The zero-order valence-electron chi connectivity index (χ0n) is 19.2. The minimum atomic E-state index is -0.162. The van der Waals surface area contributed by atoms with Gasteiger partial charge in [0.2, 0.25) is 11.8 Å². The number of carbonyl (C=O) groups excluding carboxylic acids is 2. The van der Waals surface area contributed by atoms with Gasteiger partial charge in [-0.25, -0.2) is 0 Å². The minimum Gasteiger partial charge on any atom is -0.508 e. The molecule has 0 unspecified atom stereocenters. The van der Waals surface area contributed by atoms with Crippen LogP contribution >= 0.6 is 0 Å². The molecule has 0 bridgehead atoms. The zero-order chi connectivity index (χ0) is 22.1. The van der Waals surface area contributed by atoms with Crippen molar-refractivity contribution >= 4 is 11.8 Å². The van der Waals surface area contributed by atoms with Crippen LogP contribution in [0, 0.1) is 5.92 Å². The van der Waals surface area contributed by atoms with E-state index in [0.717, 1.165) is 12.0 Å². The summed E-state index contributed by atoms with van der Waals surface area (Å²) in [7, 11) is 0. The van der Waals surface area contributed by atoms with Gasteiger partial charge >= 0.3 is 0 Å². The van der Waals surface area contributed by atoms with Crippen molar-refractivity contribution < 1.29 is 14.7 Å². The van der Waals surface area contributed by atoms with Gasteiger partial charge in [-0.05, 0) is 35.4 Å². The standard InChI is InChI=1S/C17H22N2O3.C6H12.C2H6/c1-11-10-19-13(7-15(21)18-9-16(19)22)8-17(11,2)12-4-3-5-14(20)6-12;1-2-4-6-5-3-1;1-2/h3-6,11,13,20H,7-10H2,1-2H3,(H,18,21);1-6H2;1-2H3/t11-,13-,17+;;/m0../s1. The number of aromatic hydroxyl groups is 1. The molecule has 3 aliphatic rings. The molecule has 30 heavy (non-hydrogen) atoms. The Morgan fingerprint density at radius 1 is 1.07 bits per heavy atom. The number of piperidine rings is 1. The second kappa shape index (κ2) is 11.4. The van der Waals surface area contributed by atoms with Crippen molar-refractivity contribution in [3.05, 3.63) is 29.8 Å². The number of benzene rings is 1. The predicted octanol–water partition coefficient (Wildman–Crippen LogP) is 4.77. The number of hydrogen-bond donors (Lipinski definition) is 2. The summed E-state index contributed by atoms with van der Waals surface area (Å²) in [6.45, 7) is 9.04. The molecule has 2 aliphatic heterocycles. The van der Waals surface area contributed by atoms with E-state index >= 15 is 0 Å². The third-order valence-electron chi connectivity index (χ3n) is 6.84. The Morgan fingerprint density at radius 2 is 1.67 bits per heavy atom. The van der Waals surface area contributed by atoms with E-state index in [9.17, 15) is 14.7 Å². The van der Waals surface area contributed by atoms with E-state index in [4.69, 9.17) is 0 Å². The Morgan fingerprint density at radius 3 is 2.23 bits per heavy atom. The van der Waals surface area contributed by atoms with Crippen molar-refractivity contribution in [2.45, 2.75) is 90.5 Å². The smallest absolute Gasteiger partial charge is 0.242 e. The lowest BCUT2D eigenvalue weighted by molar-refractivity contribution is -0.135. The number of carbonyl (C=O) groups is 2. The molecule has 0 aromatic heterocycles. The molecule has 1 aliphatic carbocycles. The average molecular weight is 417 g/mol. The maximum absolute atomic E-state index is 12.2. The fraction of sp³-hybridized carbons (Fsp3) is 0.680. The van der Waals surface area contributed by atoms with E-state index in [1.807, 2.05) is 30.9 Å². The van der Waals surface area contributed by atoms with Crippen LogP contribution in [0.25, 0.3) is 0 Å². The van der Waals surface area contributed by atoms with Gasteiger partial charge in [-0.2, -0.15) is 0 Å². The summed E-state index contributed by atoms with van der Waals surface area (Å²) < 4.78 is 0. The first-order valence-corrected chi connectivity index (χ1v) is 11.8. The molecule has 2 heterocycles. The summed E-state index contributed by atoms with van der Waals surface area (Å²) in [6, 6.07) is 7.25. The average Bonchev–Trinajstić information content (AvgIpc) is 2.90. The monoisotopic (exact) mass is 416 g/mol. The van der Waals surface area contributed by atoms with Crippen LogP contribution in [0.2, 0.25) is 0 Å². The van der Waals surface area contributed by atoms with Gasteiger partial charge in [-0.3, -0.25) is 9.59 Å². The first-order chi connectivity index (χ1) is 14.4. The number of phenols is 1. The van der Waals surface area contributed by atoms with Crippen molar-refractivity contribution in [2.24, 2.45) is 5.92 Å². The number of hydrogen-bond acceptors (Lipinski definition) is 3. The molecular formula is C25H40N2O3. The molecule has 1 aromatic rings. The Hall–Kier alpha value is -2.04. The summed E-state index contributed by atoms with van der Waals surface area (Å²) >= 11 is 0. The Kier molecular flexibility index (Phi) is 9.19. The van der Waals surface area contributed by atoms with Gasteiger partial charge in [-0.1, -0.05) is 78.4 Å². The maximum atomic E-state index is 12.2. The molecule has 2 N–H and O–H groups in total. The summed E-state index contributed by atoms with van der Waals surface area (Å²) in [5, 5.41) is 12.4. The molecule has 0 spiro atoms. The van der Waals surface area contributed by atoms with Gasteiger partial charge in [0.25, 0.3) is 0 Å². The highest BCUT2D eigenvalue weighted by Gasteiger charge is 2.45. The topological polar surface area (TPSA) is 69.6 Å². The minimum absolute atomic E-state index is 0.000610. The molecule has 5 heteroatoms. The molecule has 0 radical (unpaired) electrons. The lowest BCUT2D eigenvalue weighted by Gasteiger charge is -2.48. The van der Waals surface area contributed by atoms with Crippen LogP contribution in [-0.2, 0) is 15.0 Å². The van der Waals surface area contributed by atoms with Crippen LogP contribution in [0.1, 0.15) is 84.6 Å². The molecule has 3 atom stereocenters. The van der Waals surface area contributed by atoms with Crippen molar-refractivity contribution in [3.63, 3.8) is 0 Å². The summed E-state index contributed by atoms with van der Waals surface area (Å²) in [5.74, 6) is 0.445. The highest BCUT2D eigenvalue weighted by molar-refractivity contribution is 5.88. The molecule has 168 valence electrons. The number of rotatable bonds is 1. The van der Waals surface area contributed by atoms with Crippen molar-refractivity contribution in [2.75, 3.05) is 13.1 Å². The first-order valence-electron chi connectivity index (χ1n) is 11.8. The van der Waals surface area contributed by atoms with Gasteiger partial charge in [-0.15, -0.1) is 0 Å². The Bertz CT molecular complexity index is 690. The van der Waals surface area contributed by atoms with E-state index in [0.29, 0.717) is 13.0 Å². The number of fused-ring (bicyclic) bond motifs is 1. The van der Waals surface area contributed by atoms with Crippen LogP contribution < -0.4 is 5.32 Å². The fourth-order valence-corrected chi connectivity index (χ4v) is 4.82. The van der Waals surface area contributed by atoms with Gasteiger partial charge in [0, 0.05) is 19.0 Å². The van der Waals surface area contributed by atoms with Crippen LogP contribution in [0.4, 0.5) is 0 Å². The van der Waals surface area contributed by atoms with Crippen molar-refractivity contribution in [3.8, 4) is 5.75 Å². The summed E-state index contributed by atoms with van der Waals surface area (Å²) in [5.41, 5.74) is 0.905. The lowest BCUT2D eigenvalue weighted by Crippen LogP contribution is -2.55. The second-order valence-electron chi connectivity index (χ2n) is 8.88. The Balaban J connectivity index is 0.000000340. The molecule has 2 saturated heterocycles. The third kappa shape index (κ3) is 5.99. The fourth-order valence-electron chi connectivity index (χ4n) is 4.82. The highest BCUT2D eigenvalue weighted by atomic mass is 16.3. The van der Waals surface area contributed by atoms with E-state index < -0.39 is 0 Å². The Labute approximate surface area is 182 Å². The summed E-state index contributed by atoms with van der Waals surface area (Å²) in [6.07, 6.45) is 10.1. The number of nitrogens with zero attached hydrogens (tertiary/aromatic N) is 1. The molecule has 1 aromatic carbocycles. The molecule has 4 rings (SSSR count). The molecule has 2 amide bonds. The molecule has 5 nitrogen and oxygen atoms in total. The van der Waals surface area contributed by atoms with Crippen LogP contribution in [-0.4, -0.2) is 41.0 Å². The lowest BCUT2D eigenvalue weighted by atomic mass is 9.65. The second-order valence-corrected chi connectivity index (χ2v) is 8.88. The van der Waals surface area contributed by atoms with Crippen LogP contribution in [0.3, 0.4) is 0 Å². The van der Waals surface area contributed by atoms with E-state index in [1.165, 1.54) is 38.5 Å². The van der Waals surface area contributed by atoms with E-state index in [1.54, 1.807) is 12.1 Å². The summed E-state index contributed by atoms with van der Waals surface area (Å²) in [4.78, 5) is 25.9. The van der Waals surface area contributed by atoms with E-state index in [2.05, 4.69) is 19.2 Å². The number of phenolic OH excluding ortho intramolecular Hbond substituents is 1. The van der Waals surface area contributed by atoms with Crippen LogP contribution in [0.15, 0.2) is 24.3 Å². The van der Waals surface area contributed by atoms with Crippen molar-refractivity contribution in [1.82, 2.24) is 10.2 Å². The normalized spacial score (nSPS) is 28.6. The first kappa shape index (κ1) is 24.2. The molecule has 3 fully saturated rings. The SMILES string of the molecule is C1CCCCC1.CC.C[C@H]1CN2C(=O)CNC(=O)C[C@H]2C[C@@]1(C)c1cccc(O)c1. The number of amides is 2. The van der Waals surface area contributed by atoms with Crippen LogP contribution in [0.5, 0.6) is 5.75 Å². The van der Waals surface area contributed by atoms with Gasteiger partial charge < -0.3 is 15.3 Å². The predicted molar refractivity (Wildman–Crippen MR) is 121 cm³/mol. The van der Waals surface area contributed by atoms with Gasteiger partial charge in [0.1, 0.15) is 5.75 Å². The van der Waals surface area contributed by atoms with Gasteiger partial charge in [0.05, 0.1) is 6.54 Å². The number of nitrogens with one attached hydrogen (secondary N) is 1.